The van der Waals surface area contributed by atoms with Gasteiger partial charge in [0.25, 0.3) is 0 Å². The van der Waals surface area contributed by atoms with Crippen LogP contribution in [0.1, 0.15) is 26.2 Å². The van der Waals surface area contributed by atoms with Crippen LogP contribution in [0.15, 0.2) is 18.2 Å². The Balaban J connectivity index is 2.99. The maximum atomic E-state index is 12.2. The Bertz CT molecular complexity index is 676. The predicted molar refractivity (Wildman–Crippen MR) is 98.9 cm³/mol. The summed E-state index contributed by atoms with van der Waals surface area (Å²) in [7, 11) is 1.15. The topological polar surface area (TPSA) is 76.2 Å². The molecule has 0 bridgehead atoms. The molecule has 1 aromatic rings. The van der Waals surface area contributed by atoms with E-state index in [9.17, 15) is 13.2 Å². The van der Waals surface area contributed by atoms with Gasteiger partial charge in [-0.1, -0.05) is 13.3 Å². The highest BCUT2D eigenvalue weighted by Crippen LogP contribution is 2.33. The predicted octanol–water partition coefficient (Wildman–Crippen LogP) is 2.12. The molecular weight excluding hydrogens is 344 g/mol. The summed E-state index contributed by atoms with van der Waals surface area (Å²) in [6.07, 6.45) is 3.13. The molecule has 0 radical (unpaired) electrons. The van der Waals surface area contributed by atoms with Gasteiger partial charge in [-0.05, 0) is 18.6 Å². The Hall–Kier alpha value is -1.96. The summed E-state index contributed by atoms with van der Waals surface area (Å²) in [5, 5.41) is 0. The average molecular weight is 372 g/mol. The number of carbonyl (C=O) groups is 1. The number of hydrogen-bond acceptors (Lipinski definition) is 5. The lowest BCUT2D eigenvalue weighted by Gasteiger charge is -2.25. The SMILES string of the molecule is CCCCN(C)C(=O)CCN(c1ccc(OC)cc1OC)S(C)(=O)=O. The third-order valence-electron chi connectivity index (χ3n) is 3.86. The highest BCUT2D eigenvalue weighted by Gasteiger charge is 2.23. The van der Waals surface area contributed by atoms with Gasteiger partial charge >= 0.3 is 0 Å². The normalized spacial score (nSPS) is 11.1. The first-order chi connectivity index (χ1) is 11.7. The van der Waals surface area contributed by atoms with Crippen molar-refractivity contribution in [3.63, 3.8) is 0 Å². The first-order valence-electron chi connectivity index (χ1n) is 8.18. The number of ether oxygens (including phenoxy) is 2. The molecule has 0 unspecified atom stereocenters. The van der Waals surface area contributed by atoms with Crippen molar-refractivity contribution in [2.75, 3.05) is 44.9 Å². The zero-order valence-electron chi connectivity index (χ0n) is 15.6. The van der Waals surface area contributed by atoms with Crippen molar-refractivity contribution in [3.8, 4) is 11.5 Å². The molecule has 0 aliphatic carbocycles. The third kappa shape index (κ3) is 6.12. The van der Waals surface area contributed by atoms with Gasteiger partial charge in [0.2, 0.25) is 15.9 Å². The van der Waals surface area contributed by atoms with Gasteiger partial charge in [0.05, 0.1) is 26.2 Å². The lowest BCUT2D eigenvalue weighted by Crippen LogP contribution is -2.35. The third-order valence-corrected chi connectivity index (χ3v) is 5.04. The van der Waals surface area contributed by atoms with Gasteiger partial charge in [0, 0.05) is 32.6 Å². The van der Waals surface area contributed by atoms with Gasteiger partial charge < -0.3 is 14.4 Å². The van der Waals surface area contributed by atoms with E-state index in [1.54, 1.807) is 30.1 Å². The summed E-state index contributed by atoms with van der Waals surface area (Å²) in [6, 6.07) is 4.89. The first-order valence-corrected chi connectivity index (χ1v) is 10.0. The Morgan fingerprint density at radius 2 is 1.84 bits per heavy atom. The van der Waals surface area contributed by atoms with Crippen LogP contribution in [-0.4, -0.2) is 59.8 Å². The van der Waals surface area contributed by atoms with E-state index in [1.165, 1.54) is 18.5 Å². The molecule has 0 N–H and O–H groups in total. The minimum absolute atomic E-state index is 0.0524. The number of rotatable bonds is 10. The number of unbranched alkanes of at least 4 members (excludes halogenated alkanes) is 1. The second kappa shape index (κ2) is 9.50. The van der Waals surface area contributed by atoms with Crippen molar-refractivity contribution in [2.45, 2.75) is 26.2 Å². The molecule has 0 aliphatic heterocycles. The Morgan fingerprint density at radius 1 is 1.16 bits per heavy atom. The van der Waals surface area contributed by atoms with E-state index < -0.39 is 10.0 Å². The highest BCUT2D eigenvalue weighted by molar-refractivity contribution is 7.92. The van der Waals surface area contributed by atoms with Crippen molar-refractivity contribution < 1.29 is 22.7 Å². The molecule has 142 valence electrons. The second-order valence-electron chi connectivity index (χ2n) is 5.79. The zero-order chi connectivity index (χ0) is 19.0. The molecule has 0 heterocycles. The molecule has 0 aliphatic rings. The van der Waals surface area contributed by atoms with Crippen LogP contribution in [0.4, 0.5) is 5.69 Å². The lowest BCUT2D eigenvalue weighted by atomic mass is 10.2. The standard InChI is InChI=1S/C17H28N2O5S/c1-6-7-11-18(2)17(20)10-12-19(25(5,21)22)15-9-8-14(23-3)13-16(15)24-4/h8-9,13H,6-7,10-12H2,1-5H3. The summed E-state index contributed by atoms with van der Waals surface area (Å²) in [5.74, 6) is 0.843. The van der Waals surface area contributed by atoms with Crippen LogP contribution >= 0.6 is 0 Å². The number of carbonyl (C=O) groups excluding carboxylic acids is 1. The van der Waals surface area contributed by atoms with E-state index in [4.69, 9.17) is 9.47 Å². The monoisotopic (exact) mass is 372 g/mol. The van der Waals surface area contributed by atoms with Crippen molar-refractivity contribution in [3.05, 3.63) is 18.2 Å². The number of benzene rings is 1. The zero-order valence-corrected chi connectivity index (χ0v) is 16.4. The molecule has 0 saturated carbocycles. The van der Waals surface area contributed by atoms with Gasteiger partial charge in [0.1, 0.15) is 11.5 Å². The van der Waals surface area contributed by atoms with Crippen LogP contribution in [0, 0.1) is 0 Å². The summed E-state index contributed by atoms with van der Waals surface area (Å²) >= 11 is 0. The first kappa shape index (κ1) is 21.1. The van der Waals surface area contributed by atoms with Gasteiger partial charge in [-0.25, -0.2) is 8.42 Å². The van der Waals surface area contributed by atoms with Crippen LogP contribution in [0.3, 0.4) is 0 Å². The van der Waals surface area contributed by atoms with Gasteiger partial charge in [0.15, 0.2) is 0 Å². The van der Waals surface area contributed by atoms with Crippen LogP contribution in [0.5, 0.6) is 11.5 Å². The highest BCUT2D eigenvalue weighted by atomic mass is 32.2. The average Bonchev–Trinajstić information content (AvgIpc) is 2.58. The van der Waals surface area contributed by atoms with E-state index in [1.807, 2.05) is 0 Å². The molecule has 1 amide bonds. The number of sulfonamides is 1. The maximum absolute atomic E-state index is 12.2. The second-order valence-corrected chi connectivity index (χ2v) is 7.70. The summed E-state index contributed by atoms with van der Waals surface area (Å²) in [6.45, 7) is 2.77. The quantitative estimate of drug-likeness (QED) is 0.629. The van der Waals surface area contributed by atoms with Gasteiger partial charge in [-0.15, -0.1) is 0 Å². The van der Waals surface area contributed by atoms with Crippen LogP contribution in [-0.2, 0) is 14.8 Å². The smallest absolute Gasteiger partial charge is 0.232 e. The molecule has 25 heavy (non-hydrogen) atoms. The molecule has 1 aromatic carbocycles. The van der Waals surface area contributed by atoms with E-state index in [2.05, 4.69) is 6.92 Å². The largest absolute Gasteiger partial charge is 0.497 e. The fourth-order valence-electron chi connectivity index (χ4n) is 2.36. The summed E-state index contributed by atoms with van der Waals surface area (Å²) < 4.78 is 36.1. The summed E-state index contributed by atoms with van der Waals surface area (Å²) in [5.41, 5.74) is 0.384. The van der Waals surface area contributed by atoms with Crippen LogP contribution in [0.25, 0.3) is 0 Å². The van der Waals surface area contributed by atoms with E-state index in [-0.39, 0.29) is 18.9 Å². The van der Waals surface area contributed by atoms with Gasteiger partial charge in [-0.3, -0.25) is 9.10 Å². The molecule has 0 spiro atoms. The summed E-state index contributed by atoms with van der Waals surface area (Å²) in [4.78, 5) is 13.9. The number of hydrogen-bond donors (Lipinski definition) is 0. The van der Waals surface area contributed by atoms with Crippen LogP contribution in [0.2, 0.25) is 0 Å². The number of methoxy groups -OCH3 is 2. The van der Waals surface area contributed by atoms with Crippen molar-refractivity contribution in [1.82, 2.24) is 4.90 Å². The van der Waals surface area contributed by atoms with Crippen molar-refractivity contribution in [1.29, 1.82) is 0 Å². The Morgan fingerprint density at radius 3 is 2.36 bits per heavy atom. The molecule has 0 fully saturated rings. The molecule has 0 saturated heterocycles. The lowest BCUT2D eigenvalue weighted by molar-refractivity contribution is -0.129. The van der Waals surface area contributed by atoms with E-state index >= 15 is 0 Å². The fourth-order valence-corrected chi connectivity index (χ4v) is 3.29. The number of nitrogens with zero attached hydrogens (tertiary/aromatic N) is 2. The molecule has 1 rings (SSSR count). The minimum atomic E-state index is -3.57. The Kier molecular flexibility index (Phi) is 8.02. The van der Waals surface area contributed by atoms with Crippen molar-refractivity contribution >= 4 is 21.6 Å². The minimum Gasteiger partial charge on any atom is -0.497 e. The fraction of sp³-hybridized carbons (Fsp3) is 0.588. The number of anilines is 1. The van der Waals surface area contributed by atoms with Gasteiger partial charge in [-0.2, -0.15) is 0 Å². The van der Waals surface area contributed by atoms with E-state index in [0.717, 1.165) is 19.1 Å². The van der Waals surface area contributed by atoms with Crippen molar-refractivity contribution in [2.24, 2.45) is 0 Å². The number of amides is 1. The Labute approximate surface area is 150 Å². The van der Waals surface area contributed by atoms with E-state index in [0.29, 0.717) is 23.7 Å². The van der Waals surface area contributed by atoms with Crippen LogP contribution < -0.4 is 13.8 Å². The molecule has 8 heteroatoms. The molecule has 0 atom stereocenters. The maximum Gasteiger partial charge on any atom is 0.232 e. The molecule has 0 aromatic heterocycles. The molecule has 7 nitrogen and oxygen atoms in total. The molecular formula is C17H28N2O5S.